The molecule has 0 aliphatic rings. The fourth-order valence-electron chi connectivity index (χ4n) is 1.63. The van der Waals surface area contributed by atoms with Crippen molar-refractivity contribution < 1.29 is 0 Å². The Bertz CT molecular complexity index is 427. The van der Waals surface area contributed by atoms with Gasteiger partial charge in [-0.1, -0.05) is 36.4 Å². The summed E-state index contributed by atoms with van der Waals surface area (Å²) in [5, 5.41) is 2.32. The number of rotatable bonds is 10. The normalized spacial score (nSPS) is 10.7. The summed E-state index contributed by atoms with van der Waals surface area (Å²) in [4.78, 5) is 2.75. The van der Waals surface area contributed by atoms with Crippen LogP contribution >= 0.6 is 47.0 Å². The summed E-state index contributed by atoms with van der Waals surface area (Å²) in [5.74, 6) is 2.53. The Kier molecular flexibility index (Phi) is 9.35. The molecular formula is C17H20S4. The monoisotopic (exact) mass is 352 g/mol. The quantitative estimate of drug-likeness (QED) is 0.278. The molecule has 0 N–H and O–H groups in total. The molecule has 0 spiro atoms. The van der Waals surface area contributed by atoms with Gasteiger partial charge in [0.15, 0.2) is 0 Å². The Morgan fingerprint density at radius 1 is 0.571 bits per heavy atom. The van der Waals surface area contributed by atoms with E-state index in [9.17, 15) is 0 Å². The average Bonchev–Trinajstić information content (AvgIpc) is 2.55. The molecule has 0 aliphatic carbocycles. The number of hydrogen-bond acceptors (Lipinski definition) is 4. The number of benzene rings is 2. The summed E-state index contributed by atoms with van der Waals surface area (Å²) in [6.45, 7) is 0. The van der Waals surface area contributed by atoms with E-state index in [1.54, 1.807) is 0 Å². The molecule has 21 heavy (non-hydrogen) atoms. The highest BCUT2D eigenvalue weighted by atomic mass is 32.2. The van der Waals surface area contributed by atoms with E-state index in [-0.39, 0.29) is 0 Å². The first-order valence-electron chi connectivity index (χ1n) is 6.96. The smallest absolute Gasteiger partial charge is 0.0439 e. The lowest BCUT2D eigenvalue weighted by atomic mass is 10.4. The van der Waals surface area contributed by atoms with Gasteiger partial charge in [0.05, 0.1) is 0 Å². The zero-order valence-corrected chi connectivity index (χ0v) is 15.2. The molecular weight excluding hydrogens is 332 g/mol. The van der Waals surface area contributed by atoms with E-state index in [0.29, 0.717) is 0 Å². The molecule has 0 heterocycles. The van der Waals surface area contributed by atoms with Gasteiger partial charge < -0.3 is 0 Å². The van der Waals surface area contributed by atoms with Gasteiger partial charge in [-0.15, -0.1) is 23.5 Å². The van der Waals surface area contributed by atoms with Crippen LogP contribution < -0.4 is 0 Å². The van der Waals surface area contributed by atoms with E-state index in [1.807, 2.05) is 47.0 Å². The summed E-state index contributed by atoms with van der Waals surface area (Å²) in [6.07, 6.45) is 1.31. The highest BCUT2D eigenvalue weighted by Gasteiger charge is 1.95. The summed E-state index contributed by atoms with van der Waals surface area (Å²) in [7, 11) is 0. The zero-order valence-electron chi connectivity index (χ0n) is 11.9. The van der Waals surface area contributed by atoms with Crippen LogP contribution in [-0.2, 0) is 0 Å². The van der Waals surface area contributed by atoms with Gasteiger partial charge in [0.25, 0.3) is 0 Å². The van der Waals surface area contributed by atoms with Crippen molar-refractivity contribution >= 4 is 47.0 Å². The fourth-order valence-corrected chi connectivity index (χ4v) is 5.91. The Morgan fingerprint density at radius 3 is 1.43 bits per heavy atom. The molecule has 0 aliphatic heterocycles. The van der Waals surface area contributed by atoms with Gasteiger partial charge in [0.1, 0.15) is 0 Å². The van der Waals surface area contributed by atoms with E-state index in [4.69, 9.17) is 0 Å². The molecule has 0 aromatic heterocycles. The van der Waals surface area contributed by atoms with Crippen molar-refractivity contribution in [3.63, 3.8) is 0 Å². The highest BCUT2D eigenvalue weighted by Crippen LogP contribution is 2.24. The molecule has 2 rings (SSSR count). The van der Waals surface area contributed by atoms with Gasteiger partial charge in [-0.2, -0.15) is 23.5 Å². The first kappa shape index (κ1) is 17.2. The van der Waals surface area contributed by atoms with Crippen molar-refractivity contribution in [1.82, 2.24) is 0 Å². The predicted molar refractivity (Wildman–Crippen MR) is 104 cm³/mol. The van der Waals surface area contributed by atoms with Crippen LogP contribution in [0.25, 0.3) is 0 Å². The van der Waals surface area contributed by atoms with Crippen LogP contribution in [0.2, 0.25) is 0 Å². The molecule has 0 amide bonds. The van der Waals surface area contributed by atoms with Crippen LogP contribution in [0.1, 0.15) is 6.42 Å². The minimum Gasteiger partial charge on any atom is -0.151 e. The van der Waals surface area contributed by atoms with Crippen LogP contribution in [-0.4, -0.2) is 21.7 Å². The fraction of sp³-hybridized carbons (Fsp3) is 0.294. The first-order valence-corrected chi connectivity index (χ1v) is 11.2. The van der Waals surface area contributed by atoms with Crippen molar-refractivity contribution in [2.45, 2.75) is 16.2 Å². The van der Waals surface area contributed by atoms with E-state index in [2.05, 4.69) is 60.7 Å². The third-order valence-corrected chi connectivity index (χ3v) is 7.32. The van der Waals surface area contributed by atoms with Crippen LogP contribution in [0.15, 0.2) is 70.5 Å². The van der Waals surface area contributed by atoms with Crippen LogP contribution in [0.4, 0.5) is 0 Å². The maximum absolute atomic E-state index is 2.18. The Hall–Kier alpha value is -0.160. The molecule has 0 bridgehead atoms. The van der Waals surface area contributed by atoms with Gasteiger partial charge in [-0.05, 0) is 42.2 Å². The minimum absolute atomic E-state index is 1.16. The van der Waals surface area contributed by atoms with Crippen molar-refractivity contribution in [2.75, 3.05) is 21.7 Å². The third kappa shape index (κ3) is 8.15. The van der Waals surface area contributed by atoms with Crippen molar-refractivity contribution in [2.24, 2.45) is 0 Å². The Balaban J connectivity index is 1.40. The lowest BCUT2D eigenvalue weighted by molar-refractivity contribution is 1.13. The lowest BCUT2D eigenvalue weighted by Crippen LogP contribution is -1.85. The van der Waals surface area contributed by atoms with Gasteiger partial charge in [0.2, 0.25) is 0 Å². The molecule has 0 atom stereocenters. The summed E-state index contributed by atoms with van der Waals surface area (Å²) >= 11 is 7.97. The van der Waals surface area contributed by atoms with Crippen LogP contribution in [0.3, 0.4) is 0 Å². The average molecular weight is 353 g/mol. The molecule has 4 heteroatoms. The van der Waals surface area contributed by atoms with E-state index < -0.39 is 0 Å². The Labute approximate surface area is 145 Å². The molecule has 2 aromatic rings. The second-order valence-corrected chi connectivity index (χ2v) is 9.36. The van der Waals surface area contributed by atoms with Crippen molar-refractivity contribution in [3.8, 4) is 0 Å². The standard InChI is InChI=1S/C17H20S4/c1-3-8-16(9-4-1)20-14-18-12-7-13-19-15-21-17-10-5-2-6-11-17/h1-6,8-11H,7,12-15H2. The number of hydrogen-bond donors (Lipinski definition) is 0. The molecule has 0 saturated carbocycles. The number of thioether (sulfide) groups is 4. The molecule has 0 fully saturated rings. The van der Waals surface area contributed by atoms with Gasteiger partial charge in [-0.25, -0.2) is 0 Å². The minimum atomic E-state index is 1.16. The topological polar surface area (TPSA) is 0 Å². The van der Waals surface area contributed by atoms with E-state index in [1.165, 1.54) is 27.7 Å². The van der Waals surface area contributed by atoms with Gasteiger partial charge >= 0.3 is 0 Å². The van der Waals surface area contributed by atoms with Crippen molar-refractivity contribution in [1.29, 1.82) is 0 Å². The predicted octanol–water partition coefficient (Wildman–Crippen LogP) is 6.34. The highest BCUT2D eigenvalue weighted by molar-refractivity contribution is 8.16. The maximum Gasteiger partial charge on any atom is 0.0439 e. The second-order valence-electron chi connectivity index (χ2n) is 4.32. The molecule has 2 aromatic carbocycles. The molecule has 0 unspecified atom stereocenters. The van der Waals surface area contributed by atoms with E-state index >= 15 is 0 Å². The summed E-state index contributed by atoms with van der Waals surface area (Å²) < 4.78 is 0. The first-order chi connectivity index (χ1) is 10.4. The van der Waals surface area contributed by atoms with Gasteiger partial charge in [0, 0.05) is 20.0 Å². The Morgan fingerprint density at radius 2 is 1.00 bits per heavy atom. The second kappa shape index (κ2) is 11.4. The zero-order chi connectivity index (χ0) is 14.6. The van der Waals surface area contributed by atoms with Crippen LogP contribution in [0.5, 0.6) is 0 Å². The third-order valence-electron chi connectivity index (χ3n) is 2.68. The van der Waals surface area contributed by atoms with E-state index in [0.717, 1.165) is 10.2 Å². The van der Waals surface area contributed by atoms with Crippen molar-refractivity contribution in [3.05, 3.63) is 60.7 Å². The molecule has 0 radical (unpaired) electrons. The summed E-state index contributed by atoms with van der Waals surface area (Å²) in [6, 6.07) is 21.3. The maximum atomic E-state index is 2.18. The molecule has 0 nitrogen and oxygen atoms in total. The SMILES string of the molecule is c1ccc(SCSCCCSCSc2ccccc2)cc1. The summed E-state index contributed by atoms with van der Waals surface area (Å²) in [5.41, 5.74) is 0. The van der Waals surface area contributed by atoms with Gasteiger partial charge in [-0.3, -0.25) is 0 Å². The molecule has 112 valence electrons. The van der Waals surface area contributed by atoms with Crippen LogP contribution in [0, 0.1) is 0 Å². The largest absolute Gasteiger partial charge is 0.151 e. The lowest BCUT2D eigenvalue weighted by Gasteiger charge is -2.03. The molecule has 0 saturated heterocycles.